The van der Waals surface area contributed by atoms with Gasteiger partial charge in [0.05, 0.1) is 22.0 Å². The van der Waals surface area contributed by atoms with E-state index >= 15 is 0 Å². The molecule has 1 N–H and O–H groups in total. The molecule has 1 aromatic carbocycles. The second-order valence-corrected chi connectivity index (χ2v) is 6.60. The van der Waals surface area contributed by atoms with E-state index < -0.39 is 11.7 Å². The third kappa shape index (κ3) is 2.69. The average Bonchev–Trinajstić information content (AvgIpc) is 2.55. The standard InChI is InChI=1S/C17H15ClF3N3/c18-13-8-14-16(22-12-5-2-6-24(14)9-12)23-15(13)10-3-1-4-11(7-10)17(19,20)21/h1,3-4,7-8,12H,2,5-6,9H2,(H,22,23). The molecule has 4 rings (SSSR count). The highest BCUT2D eigenvalue weighted by molar-refractivity contribution is 6.33. The number of pyridine rings is 1. The highest BCUT2D eigenvalue weighted by Gasteiger charge is 2.32. The number of piperidine rings is 1. The maximum Gasteiger partial charge on any atom is 0.416 e. The summed E-state index contributed by atoms with van der Waals surface area (Å²) >= 11 is 6.34. The molecule has 2 aromatic rings. The predicted octanol–water partition coefficient (Wildman–Crippen LogP) is 4.82. The summed E-state index contributed by atoms with van der Waals surface area (Å²) in [5, 5.41) is 3.74. The van der Waals surface area contributed by atoms with Gasteiger partial charge in [-0.25, -0.2) is 4.98 Å². The SMILES string of the molecule is FC(F)(F)c1cccc(-c2nc3c(cc2Cl)N2CCCC(C2)N3)c1. The zero-order chi connectivity index (χ0) is 16.9. The number of halogens is 4. The van der Waals surface area contributed by atoms with Crippen LogP contribution in [0, 0.1) is 0 Å². The van der Waals surface area contributed by atoms with Crippen molar-refractivity contribution < 1.29 is 13.2 Å². The Morgan fingerprint density at radius 2 is 2.08 bits per heavy atom. The molecule has 1 unspecified atom stereocenters. The molecule has 7 heteroatoms. The maximum atomic E-state index is 12.9. The number of hydrogen-bond donors (Lipinski definition) is 1. The Morgan fingerprint density at radius 1 is 1.25 bits per heavy atom. The Morgan fingerprint density at radius 3 is 2.88 bits per heavy atom. The lowest BCUT2D eigenvalue weighted by Gasteiger charge is -2.40. The molecule has 2 aliphatic heterocycles. The van der Waals surface area contributed by atoms with Gasteiger partial charge in [0, 0.05) is 24.7 Å². The minimum Gasteiger partial charge on any atom is -0.366 e. The summed E-state index contributed by atoms with van der Waals surface area (Å²) in [7, 11) is 0. The van der Waals surface area contributed by atoms with Crippen LogP contribution in [0.1, 0.15) is 18.4 Å². The number of rotatable bonds is 1. The molecular weight excluding hydrogens is 339 g/mol. The summed E-state index contributed by atoms with van der Waals surface area (Å²) in [4.78, 5) is 6.77. The third-order valence-corrected chi connectivity index (χ3v) is 4.81. The first kappa shape index (κ1) is 15.6. The third-order valence-electron chi connectivity index (χ3n) is 4.52. The molecule has 2 aliphatic rings. The lowest BCUT2D eigenvalue weighted by atomic mass is 10.0. The van der Waals surface area contributed by atoms with Crippen molar-refractivity contribution in [1.82, 2.24) is 4.98 Å². The fourth-order valence-electron chi connectivity index (χ4n) is 3.38. The van der Waals surface area contributed by atoms with Crippen LogP contribution in [0.25, 0.3) is 11.3 Å². The number of fused-ring (bicyclic) bond motifs is 4. The zero-order valence-electron chi connectivity index (χ0n) is 12.7. The first-order chi connectivity index (χ1) is 11.4. The Kier molecular flexibility index (Phi) is 3.60. The zero-order valence-corrected chi connectivity index (χ0v) is 13.5. The normalized spacial score (nSPS) is 19.7. The number of nitrogens with one attached hydrogen (secondary N) is 1. The number of benzene rings is 1. The van der Waals surface area contributed by atoms with Gasteiger partial charge in [0.1, 0.15) is 0 Å². The van der Waals surface area contributed by atoms with Crippen LogP contribution in [0.5, 0.6) is 0 Å². The van der Waals surface area contributed by atoms with E-state index in [0.29, 0.717) is 28.1 Å². The summed E-state index contributed by atoms with van der Waals surface area (Å²) in [5.74, 6) is 0.697. The molecule has 1 saturated heterocycles. The van der Waals surface area contributed by atoms with E-state index in [1.54, 1.807) is 12.1 Å². The van der Waals surface area contributed by atoms with Crippen molar-refractivity contribution in [2.45, 2.75) is 25.1 Å². The molecule has 24 heavy (non-hydrogen) atoms. The monoisotopic (exact) mass is 353 g/mol. The van der Waals surface area contributed by atoms with Crippen LogP contribution < -0.4 is 10.2 Å². The number of hydrogen-bond acceptors (Lipinski definition) is 3. The first-order valence-corrected chi connectivity index (χ1v) is 8.19. The molecule has 0 radical (unpaired) electrons. The van der Waals surface area contributed by atoms with E-state index in [9.17, 15) is 13.2 Å². The Hall–Kier alpha value is -1.95. The summed E-state index contributed by atoms with van der Waals surface area (Å²) < 4.78 is 38.8. The van der Waals surface area contributed by atoms with Crippen LogP contribution in [0.15, 0.2) is 30.3 Å². The highest BCUT2D eigenvalue weighted by Crippen LogP contribution is 2.40. The van der Waals surface area contributed by atoms with Crippen LogP contribution in [0.3, 0.4) is 0 Å². The molecule has 1 aromatic heterocycles. The van der Waals surface area contributed by atoms with E-state index in [2.05, 4.69) is 15.2 Å². The van der Waals surface area contributed by atoms with Crippen molar-refractivity contribution in [2.24, 2.45) is 0 Å². The number of aromatic nitrogens is 1. The van der Waals surface area contributed by atoms with E-state index in [1.807, 2.05) is 0 Å². The first-order valence-electron chi connectivity index (χ1n) is 7.81. The van der Waals surface area contributed by atoms with Crippen molar-refractivity contribution in [3.8, 4) is 11.3 Å². The number of nitrogens with zero attached hydrogens (tertiary/aromatic N) is 2. The lowest BCUT2D eigenvalue weighted by molar-refractivity contribution is -0.137. The summed E-state index contributed by atoms with van der Waals surface area (Å²) in [6.45, 7) is 1.86. The molecule has 2 bridgehead atoms. The van der Waals surface area contributed by atoms with Crippen molar-refractivity contribution in [2.75, 3.05) is 23.3 Å². The molecule has 3 heterocycles. The van der Waals surface area contributed by atoms with Gasteiger partial charge in [-0.2, -0.15) is 13.2 Å². The Bertz CT molecular complexity index is 791. The average molecular weight is 354 g/mol. The van der Waals surface area contributed by atoms with Gasteiger partial charge < -0.3 is 10.2 Å². The van der Waals surface area contributed by atoms with Crippen LogP contribution >= 0.6 is 11.6 Å². The number of alkyl halides is 3. The molecule has 0 spiro atoms. The van der Waals surface area contributed by atoms with Gasteiger partial charge >= 0.3 is 6.18 Å². The minimum absolute atomic E-state index is 0.328. The summed E-state index contributed by atoms with van der Waals surface area (Å²) in [6.07, 6.45) is -2.22. The molecule has 1 fully saturated rings. The molecule has 1 atom stereocenters. The molecule has 0 saturated carbocycles. The lowest BCUT2D eigenvalue weighted by Crippen LogP contribution is -2.46. The summed E-state index contributed by atoms with van der Waals surface area (Å²) in [5.41, 5.74) is 0.955. The van der Waals surface area contributed by atoms with E-state index in [1.165, 1.54) is 6.07 Å². The largest absolute Gasteiger partial charge is 0.416 e. The predicted molar refractivity (Wildman–Crippen MR) is 88.5 cm³/mol. The molecule has 3 nitrogen and oxygen atoms in total. The molecule has 0 aliphatic carbocycles. The fraction of sp³-hybridized carbons (Fsp3) is 0.353. The van der Waals surface area contributed by atoms with E-state index in [4.69, 9.17) is 11.6 Å². The Labute approximate surface area is 142 Å². The smallest absolute Gasteiger partial charge is 0.366 e. The van der Waals surface area contributed by atoms with Gasteiger partial charge in [-0.15, -0.1) is 0 Å². The van der Waals surface area contributed by atoms with Crippen molar-refractivity contribution in [3.63, 3.8) is 0 Å². The topological polar surface area (TPSA) is 28.2 Å². The molecule has 126 valence electrons. The summed E-state index contributed by atoms with van der Waals surface area (Å²) in [6, 6.07) is 7.23. The van der Waals surface area contributed by atoms with Gasteiger partial charge in [-0.05, 0) is 31.0 Å². The molecular formula is C17H15ClF3N3. The van der Waals surface area contributed by atoms with E-state index in [0.717, 1.165) is 43.8 Å². The van der Waals surface area contributed by atoms with Gasteiger partial charge in [0.2, 0.25) is 0 Å². The fourth-order valence-corrected chi connectivity index (χ4v) is 3.63. The quantitative estimate of drug-likeness (QED) is 0.797. The van der Waals surface area contributed by atoms with Crippen LogP contribution in [-0.4, -0.2) is 24.1 Å². The van der Waals surface area contributed by atoms with Crippen molar-refractivity contribution in [1.29, 1.82) is 0 Å². The van der Waals surface area contributed by atoms with Gasteiger partial charge in [-0.3, -0.25) is 0 Å². The van der Waals surface area contributed by atoms with Crippen LogP contribution in [0.4, 0.5) is 24.7 Å². The van der Waals surface area contributed by atoms with Gasteiger partial charge in [0.25, 0.3) is 0 Å². The second-order valence-electron chi connectivity index (χ2n) is 6.19. The van der Waals surface area contributed by atoms with Crippen LogP contribution in [0.2, 0.25) is 5.02 Å². The van der Waals surface area contributed by atoms with Crippen molar-refractivity contribution >= 4 is 23.1 Å². The minimum atomic E-state index is -4.39. The second kappa shape index (κ2) is 5.55. The maximum absolute atomic E-state index is 12.9. The van der Waals surface area contributed by atoms with Crippen LogP contribution in [-0.2, 0) is 6.18 Å². The molecule has 0 amide bonds. The van der Waals surface area contributed by atoms with E-state index in [-0.39, 0.29) is 0 Å². The Balaban J connectivity index is 1.79. The highest BCUT2D eigenvalue weighted by atomic mass is 35.5. The van der Waals surface area contributed by atoms with Gasteiger partial charge in [-0.1, -0.05) is 23.7 Å². The van der Waals surface area contributed by atoms with Crippen molar-refractivity contribution in [3.05, 3.63) is 40.9 Å². The van der Waals surface area contributed by atoms with Gasteiger partial charge in [0.15, 0.2) is 5.82 Å². The number of anilines is 2.